The molecule has 0 aromatic heterocycles. The summed E-state index contributed by atoms with van der Waals surface area (Å²) in [5.74, 6) is 0.892. The van der Waals surface area contributed by atoms with Crippen molar-refractivity contribution in [2.24, 2.45) is 5.92 Å². The summed E-state index contributed by atoms with van der Waals surface area (Å²) < 4.78 is 0. The van der Waals surface area contributed by atoms with E-state index in [1.54, 1.807) is 6.07 Å². The van der Waals surface area contributed by atoms with Crippen molar-refractivity contribution in [1.29, 1.82) is 0 Å². The van der Waals surface area contributed by atoms with E-state index in [0.717, 1.165) is 18.2 Å². The molecule has 1 aromatic carbocycles. The Hall–Kier alpha value is -1.55. The second-order valence-electron chi connectivity index (χ2n) is 5.44. The number of carbonyl (C=O) groups excluding carboxylic acids is 1. The molecule has 1 saturated carbocycles. The van der Waals surface area contributed by atoms with Gasteiger partial charge in [-0.15, -0.1) is 0 Å². The van der Waals surface area contributed by atoms with Crippen LogP contribution in [0.25, 0.3) is 0 Å². The number of piperidine rings is 1. The molecule has 3 N–H and O–H groups in total. The molecule has 2 aliphatic rings. The molecule has 1 aromatic rings. The largest absolute Gasteiger partial charge is 0.399 e. The predicted octanol–water partition coefficient (Wildman–Crippen LogP) is 1.69. The van der Waals surface area contributed by atoms with E-state index in [1.807, 2.05) is 18.2 Å². The van der Waals surface area contributed by atoms with Crippen molar-refractivity contribution in [3.05, 3.63) is 24.3 Å². The summed E-state index contributed by atoms with van der Waals surface area (Å²) in [6.45, 7) is 1.60. The van der Waals surface area contributed by atoms with Crippen LogP contribution < -0.4 is 11.1 Å². The van der Waals surface area contributed by atoms with Gasteiger partial charge in [0.2, 0.25) is 5.91 Å². The van der Waals surface area contributed by atoms with E-state index in [0.29, 0.717) is 18.3 Å². The van der Waals surface area contributed by atoms with Crippen molar-refractivity contribution < 1.29 is 4.79 Å². The number of nitrogens with one attached hydrogen (secondary N) is 1. The number of nitrogens with zero attached hydrogens (tertiary/aromatic N) is 1. The molecule has 1 amide bonds. The van der Waals surface area contributed by atoms with Gasteiger partial charge in [-0.05, 0) is 43.4 Å². The molecule has 96 valence electrons. The Bertz CT molecular complexity index is 460. The van der Waals surface area contributed by atoms with Crippen LogP contribution in [0.4, 0.5) is 11.4 Å². The summed E-state index contributed by atoms with van der Waals surface area (Å²) in [5.41, 5.74) is 7.14. The Kier molecular flexibility index (Phi) is 2.96. The molecule has 1 aliphatic carbocycles. The zero-order valence-electron chi connectivity index (χ0n) is 10.4. The lowest BCUT2D eigenvalue weighted by atomic mass is 10.1. The number of rotatable bonds is 3. The van der Waals surface area contributed by atoms with Gasteiger partial charge in [-0.3, -0.25) is 9.69 Å². The average molecular weight is 245 g/mol. The molecule has 4 heteroatoms. The highest BCUT2D eigenvalue weighted by atomic mass is 16.2. The van der Waals surface area contributed by atoms with Gasteiger partial charge in [0.1, 0.15) is 0 Å². The van der Waals surface area contributed by atoms with E-state index in [4.69, 9.17) is 5.73 Å². The number of hydrogen-bond acceptors (Lipinski definition) is 3. The van der Waals surface area contributed by atoms with E-state index in [1.165, 1.54) is 19.3 Å². The van der Waals surface area contributed by atoms with Crippen LogP contribution in [0.2, 0.25) is 0 Å². The van der Waals surface area contributed by atoms with Crippen LogP contribution in [0.3, 0.4) is 0 Å². The topological polar surface area (TPSA) is 58.4 Å². The molecular weight excluding hydrogens is 226 g/mol. The molecule has 18 heavy (non-hydrogen) atoms. The van der Waals surface area contributed by atoms with Crippen LogP contribution in [-0.2, 0) is 4.79 Å². The number of likely N-dealkylation sites (tertiary alicyclic amines) is 1. The summed E-state index contributed by atoms with van der Waals surface area (Å²) >= 11 is 0. The minimum Gasteiger partial charge on any atom is -0.399 e. The third-order valence-electron chi connectivity index (χ3n) is 4.04. The molecule has 2 bridgehead atoms. The van der Waals surface area contributed by atoms with Gasteiger partial charge >= 0.3 is 0 Å². The molecule has 0 radical (unpaired) electrons. The number of amides is 1. The Balaban J connectivity index is 1.56. The molecule has 4 nitrogen and oxygen atoms in total. The van der Waals surface area contributed by atoms with Crippen molar-refractivity contribution in [3.8, 4) is 0 Å². The zero-order valence-corrected chi connectivity index (χ0v) is 10.4. The number of fused-ring (bicyclic) bond motifs is 2. The lowest BCUT2D eigenvalue weighted by Gasteiger charge is -2.25. The highest BCUT2D eigenvalue weighted by Crippen LogP contribution is 2.36. The van der Waals surface area contributed by atoms with Gasteiger partial charge in [0.25, 0.3) is 0 Å². The highest BCUT2D eigenvalue weighted by molar-refractivity contribution is 5.92. The fourth-order valence-corrected chi connectivity index (χ4v) is 3.22. The quantitative estimate of drug-likeness (QED) is 0.797. The first-order valence-electron chi connectivity index (χ1n) is 6.60. The molecular formula is C14H19N3O. The van der Waals surface area contributed by atoms with Crippen LogP contribution >= 0.6 is 0 Å². The van der Waals surface area contributed by atoms with E-state index in [9.17, 15) is 4.79 Å². The van der Waals surface area contributed by atoms with Crippen molar-refractivity contribution in [3.63, 3.8) is 0 Å². The van der Waals surface area contributed by atoms with Gasteiger partial charge in [0, 0.05) is 24.0 Å². The van der Waals surface area contributed by atoms with Crippen LogP contribution in [0.1, 0.15) is 19.3 Å². The SMILES string of the molecule is Nc1cccc(NC(=O)CN2CC3CCC2C3)c1. The zero-order chi connectivity index (χ0) is 12.5. The predicted molar refractivity (Wildman–Crippen MR) is 72.2 cm³/mol. The number of hydrogen-bond donors (Lipinski definition) is 2. The van der Waals surface area contributed by atoms with Gasteiger partial charge in [0.05, 0.1) is 6.54 Å². The normalized spacial score (nSPS) is 26.4. The molecule has 2 unspecified atom stereocenters. The van der Waals surface area contributed by atoms with Gasteiger partial charge in [-0.2, -0.15) is 0 Å². The second kappa shape index (κ2) is 4.61. The van der Waals surface area contributed by atoms with Crippen molar-refractivity contribution >= 4 is 17.3 Å². The summed E-state index contributed by atoms with van der Waals surface area (Å²) in [5, 5.41) is 2.91. The molecule has 0 spiro atoms. The summed E-state index contributed by atoms with van der Waals surface area (Å²) in [6.07, 6.45) is 3.89. The van der Waals surface area contributed by atoms with E-state index < -0.39 is 0 Å². The van der Waals surface area contributed by atoms with Gasteiger partial charge in [-0.25, -0.2) is 0 Å². The maximum atomic E-state index is 12.0. The molecule has 1 saturated heterocycles. The van der Waals surface area contributed by atoms with Crippen molar-refractivity contribution in [2.75, 3.05) is 24.1 Å². The maximum Gasteiger partial charge on any atom is 0.238 e. The number of nitrogens with two attached hydrogens (primary N) is 1. The highest BCUT2D eigenvalue weighted by Gasteiger charge is 2.38. The van der Waals surface area contributed by atoms with E-state index in [-0.39, 0.29) is 5.91 Å². The minimum absolute atomic E-state index is 0.0631. The Morgan fingerprint density at radius 3 is 3.00 bits per heavy atom. The van der Waals surface area contributed by atoms with Crippen molar-refractivity contribution in [2.45, 2.75) is 25.3 Å². The third-order valence-corrected chi connectivity index (χ3v) is 4.04. The Morgan fingerprint density at radius 1 is 1.44 bits per heavy atom. The van der Waals surface area contributed by atoms with Crippen molar-refractivity contribution in [1.82, 2.24) is 4.90 Å². The summed E-state index contributed by atoms with van der Waals surface area (Å²) in [6, 6.07) is 7.96. The van der Waals surface area contributed by atoms with Gasteiger partial charge < -0.3 is 11.1 Å². The summed E-state index contributed by atoms with van der Waals surface area (Å²) in [7, 11) is 0. The van der Waals surface area contributed by atoms with Gasteiger partial charge in [0.15, 0.2) is 0 Å². The smallest absolute Gasteiger partial charge is 0.238 e. The molecule has 2 fully saturated rings. The number of carbonyl (C=O) groups is 1. The summed E-state index contributed by atoms with van der Waals surface area (Å²) in [4.78, 5) is 14.3. The van der Waals surface area contributed by atoms with Gasteiger partial charge in [-0.1, -0.05) is 6.07 Å². The van der Waals surface area contributed by atoms with Crippen LogP contribution in [0.15, 0.2) is 24.3 Å². The number of benzene rings is 1. The van der Waals surface area contributed by atoms with Crippen LogP contribution in [0.5, 0.6) is 0 Å². The standard InChI is InChI=1S/C14H19N3O/c15-11-2-1-3-12(7-11)16-14(18)9-17-8-10-4-5-13(17)6-10/h1-3,7,10,13H,4-6,8-9,15H2,(H,16,18). The Labute approximate surface area is 107 Å². The lowest BCUT2D eigenvalue weighted by molar-refractivity contribution is -0.117. The number of nitrogen functional groups attached to an aromatic ring is 1. The van der Waals surface area contributed by atoms with E-state index >= 15 is 0 Å². The molecule has 2 atom stereocenters. The first-order chi connectivity index (χ1) is 8.70. The monoisotopic (exact) mass is 245 g/mol. The molecule has 1 heterocycles. The maximum absolute atomic E-state index is 12.0. The number of anilines is 2. The second-order valence-corrected chi connectivity index (χ2v) is 5.44. The lowest BCUT2D eigenvalue weighted by Crippen LogP contribution is -2.38. The first kappa shape index (κ1) is 11.5. The third kappa shape index (κ3) is 2.34. The van der Waals surface area contributed by atoms with Crippen LogP contribution in [0, 0.1) is 5.92 Å². The first-order valence-corrected chi connectivity index (χ1v) is 6.60. The fourth-order valence-electron chi connectivity index (χ4n) is 3.22. The average Bonchev–Trinajstić information content (AvgIpc) is 2.90. The van der Waals surface area contributed by atoms with E-state index in [2.05, 4.69) is 10.2 Å². The molecule has 3 rings (SSSR count). The minimum atomic E-state index is 0.0631. The van der Waals surface area contributed by atoms with Crippen LogP contribution in [-0.4, -0.2) is 29.9 Å². The molecule has 1 aliphatic heterocycles. The Morgan fingerprint density at radius 2 is 2.33 bits per heavy atom. The fraction of sp³-hybridized carbons (Fsp3) is 0.500.